The van der Waals surface area contributed by atoms with E-state index in [1.807, 2.05) is 6.92 Å². The monoisotopic (exact) mass is 513 g/mol. The molecule has 2 aromatic heterocycles. The number of ether oxygens (including phenoxy) is 1. The van der Waals surface area contributed by atoms with Crippen molar-refractivity contribution in [3.8, 4) is 28.4 Å². The van der Waals surface area contributed by atoms with E-state index in [-0.39, 0.29) is 35.2 Å². The summed E-state index contributed by atoms with van der Waals surface area (Å²) >= 11 is 0. The molecule has 0 atom stereocenters. The molecule has 0 aliphatic carbocycles. The molecule has 5 rings (SSSR count). The summed E-state index contributed by atoms with van der Waals surface area (Å²) in [6.45, 7) is 2.82. The first-order valence-electron chi connectivity index (χ1n) is 12.2. The molecule has 1 aliphatic heterocycles. The van der Waals surface area contributed by atoms with Crippen LogP contribution in [0.5, 0.6) is 5.88 Å². The van der Waals surface area contributed by atoms with E-state index in [1.165, 1.54) is 24.3 Å². The number of pyridine rings is 1. The number of hydrogen-bond donors (Lipinski definition) is 1. The van der Waals surface area contributed by atoms with Crippen LogP contribution in [0.4, 0.5) is 8.78 Å². The molecule has 1 N–H and O–H groups in total. The number of aryl methyl sites for hydroxylation is 1. The van der Waals surface area contributed by atoms with Gasteiger partial charge in [-0.05, 0) is 67.6 Å². The largest absolute Gasteiger partial charge is 0.473 e. The molecule has 1 fully saturated rings. The van der Waals surface area contributed by atoms with Crippen LogP contribution in [0, 0.1) is 24.0 Å². The lowest BCUT2D eigenvalue weighted by molar-refractivity contribution is 0.0586. The number of piperidine rings is 1. The molecule has 1 aliphatic rings. The standard InChI is InChI=1S/C29H25F2N5O2/c1-18-24(3-2-14-33-18)29(37)36-15-12-23(13-16-36)38-28-25(17-32)34-26(19-4-8-21(30)9-5-19)27(35-28)20-6-10-22(31)11-7-20/h2-11,14,17,23,32H,12-13,15-16H2,1H3. The van der Waals surface area contributed by atoms with E-state index < -0.39 is 0 Å². The molecule has 0 saturated carbocycles. The highest BCUT2D eigenvalue weighted by Crippen LogP contribution is 2.33. The predicted octanol–water partition coefficient (Wildman–Crippen LogP) is 5.47. The number of nitrogens with one attached hydrogen (secondary N) is 1. The maximum atomic E-state index is 13.6. The smallest absolute Gasteiger partial charge is 0.255 e. The second-order valence-electron chi connectivity index (χ2n) is 9.02. The molecular formula is C29H25F2N5O2. The average molecular weight is 514 g/mol. The van der Waals surface area contributed by atoms with Crippen LogP contribution < -0.4 is 4.74 Å². The van der Waals surface area contributed by atoms with Gasteiger partial charge in [0.1, 0.15) is 29.1 Å². The third-order valence-electron chi connectivity index (χ3n) is 6.51. The number of aromatic nitrogens is 3. The number of rotatable bonds is 6. The number of nitrogens with zero attached hydrogens (tertiary/aromatic N) is 4. The lowest BCUT2D eigenvalue weighted by atomic mass is 10.0. The second-order valence-corrected chi connectivity index (χ2v) is 9.02. The molecule has 0 unspecified atom stereocenters. The first-order chi connectivity index (χ1) is 18.4. The second kappa shape index (κ2) is 10.8. The van der Waals surface area contributed by atoms with Crippen molar-refractivity contribution in [2.75, 3.05) is 13.1 Å². The van der Waals surface area contributed by atoms with E-state index >= 15 is 0 Å². The Labute approximate surface area is 218 Å². The molecule has 38 heavy (non-hydrogen) atoms. The highest BCUT2D eigenvalue weighted by Gasteiger charge is 2.27. The van der Waals surface area contributed by atoms with Crippen LogP contribution in [0.3, 0.4) is 0 Å². The van der Waals surface area contributed by atoms with E-state index in [4.69, 9.17) is 15.1 Å². The van der Waals surface area contributed by atoms with Crippen molar-refractivity contribution >= 4 is 12.1 Å². The minimum atomic E-state index is -0.389. The van der Waals surface area contributed by atoms with E-state index in [0.717, 1.165) is 6.21 Å². The van der Waals surface area contributed by atoms with Crippen LogP contribution in [0.25, 0.3) is 22.5 Å². The fourth-order valence-electron chi connectivity index (χ4n) is 4.45. The van der Waals surface area contributed by atoms with Crippen molar-refractivity contribution in [1.82, 2.24) is 19.9 Å². The predicted molar refractivity (Wildman–Crippen MR) is 139 cm³/mol. The van der Waals surface area contributed by atoms with Crippen molar-refractivity contribution < 1.29 is 18.3 Å². The van der Waals surface area contributed by atoms with E-state index in [1.54, 1.807) is 47.5 Å². The van der Waals surface area contributed by atoms with Gasteiger partial charge in [-0.15, -0.1) is 0 Å². The number of halogens is 2. The van der Waals surface area contributed by atoms with Gasteiger partial charge in [0, 0.05) is 55.2 Å². The van der Waals surface area contributed by atoms with Gasteiger partial charge in [0.2, 0.25) is 5.88 Å². The Morgan fingerprint density at radius 1 is 0.947 bits per heavy atom. The van der Waals surface area contributed by atoms with Gasteiger partial charge in [-0.25, -0.2) is 18.7 Å². The Balaban J connectivity index is 1.41. The first kappa shape index (κ1) is 25.1. The van der Waals surface area contributed by atoms with Gasteiger partial charge < -0.3 is 15.0 Å². The summed E-state index contributed by atoms with van der Waals surface area (Å²) in [4.78, 5) is 28.3. The van der Waals surface area contributed by atoms with E-state index in [0.29, 0.717) is 59.7 Å². The van der Waals surface area contributed by atoms with Crippen LogP contribution in [0.15, 0.2) is 66.9 Å². The number of carbonyl (C=O) groups is 1. The van der Waals surface area contributed by atoms with Crippen molar-refractivity contribution in [3.63, 3.8) is 0 Å². The van der Waals surface area contributed by atoms with Gasteiger partial charge in [0.25, 0.3) is 5.91 Å². The summed E-state index contributed by atoms with van der Waals surface area (Å²) in [7, 11) is 0. The molecule has 3 heterocycles. The number of hydrogen-bond acceptors (Lipinski definition) is 6. The fourth-order valence-corrected chi connectivity index (χ4v) is 4.45. The molecule has 0 bridgehead atoms. The number of amides is 1. The zero-order valence-corrected chi connectivity index (χ0v) is 20.7. The molecular weight excluding hydrogens is 488 g/mol. The Morgan fingerprint density at radius 2 is 1.53 bits per heavy atom. The Hall–Kier alpha value is -4.53. The van der Waals surface area contributed by atoms with E-state index in [2.05, 4.69) is 9.97 Å². The maximum absolute atomic E-state index is 13.6. The maximum Gasteiger partial charge on any atom is 0.255 e. The van der Waals surface area contributed by atoms with E-state index in [9.17, 15) is 13.6 Å². The minimum absolute atomic E-state index is 0.0590. The summed E-state index contributed by atoms with van der Waals surface area (Å²) in [5.74, 6) is -0.657. The zero-order valence-electron chi connectivity index (χ0n) is 20.7. The topological polar surface area (TPSA) is 92.1 Å². The SMILES string of the molecule is Cc1ncccc1C(=O)N1CCC(Oc2nc(-c3ccc(F)cc3)c(-c3ccc(F)cc3)nc2C=N)CC1. The summed E-state index contributed by atoms with van der Waals surface area (Å²) in [5, 5.41) is 7.93. The molecule has 7 nitrogen and oxygen atoms in total. The van der Waals surface area contributed by atoms with Crippen LogP contribution in [-0.4, -0.2) is 51.2 Å². The van der Waals surface area contributed by atoms with Gasteiger partial charge in [-0.1, -0.05) is 0 Å². The normalized spacial score (nSPS) is 13.8. The Bertz CT molecular complexity index is 1470. The van der Waals surface area contributed by atoms with Crippen LogP contribution in [-0.2, 0) is 0 Å². The molecule has 192 valence electrons. The number of carbonyl (C=O) groups excluding carboxylic acids is 1. The Morgan fingerprint density at radius 3 is 2.08 bits per heavy atom. The number of likely N-dealkylation sites (tertiary alicyclic amines) is 1. The summed E-state index contributed by atoms with van der Waals surface area (Å²) in [5.41, 5.74) is 3.56. The third-order valence-corrected chi connectivity index (χ3v) is 6.51. The third kappa shape index (κ3) is 5.27. The molecule has 2 aromatic carbocycles. The molecule has 1 saturated heterocycles. The van der Waals surface area contributed by atoms with Gasteiger partial charge >= 0.3 is 0 Å². The average Bonchev–Trinajstić information content (AvgIpc) is 2.94. The molecule has 0 radical (unpaired) electrons. The van der Waals surface area contributed by atoms with Gasteiger partial charge in [-0.3, -0.25) is 9.78 Å². The van der Waals surface area contributed by atoms with Crippen molar-refractivity contribution in [2.24, 2.45) is 0 Å². The quantitative estimate of drug-likeness (QED) is 0.345. The first-order valence-corrected chi connectivity index (χ1v) is 12.2. The lowest BCUT2D eigenvalue weighted by Crippen LogP contribution is -2.42. The van der Waals surface area contributed by atoms with Crippen LogP contribution >= 0.6 is 0 Å². The lowest BCUT2D eigenvalue weighted by Gasteiger charge is -2.32. The van der Waals surface area contributed by atoms with Gasteiger partial charge in [-0.2, -0.15) is 0 Å². The van der Waals surface area contributed by atoms with Crippen molar-refractivity contribution in [2.45, 2.75) is 25.9 Å². The molecule has 4 aromatic rings. The van der Waals surface area contributed by atoms with Crippen LogP contribution in [0.1, 0.15) is 34.6 Å². The highest BCUT2D eigenvalue weighted by atomic mass is 19.1. The summed E-state index contributed by atoms with van der Waals surface area (Å²) in [6, 6.07) is 15.2. The molecule has 0 spiro atoms. The van der Waals surface area contributed by atoms with Gasteiger partial charge in [0.05, 0.1) is 11.3 Å². The highest BCUT2D eigenvalue weighted by molar-refractivity contribution is 5.95. The van der Waals surface area contributed by atoms with Crippen molar-refractivity contribution in [3.05, 3.63) is 95.4 Å². The molecule has 9 heteroatoms. The summed E-state index contributed by atoms with van der Waals surface area (Å²) < 4.78 is 33.4. The fraction of sp³-hybridized carbons (Fsp3) is 0.207. The molecule has 1 amide bonds. The minimum Gasteiger partial charge on any atom is -0.473 e. The summed E-state index contributed by atoms with van der Waals surface area (Å²) in [6.07, 6.45) is 3.65. The zero-order chi connectivity index (χ0) is 26.6. The van der Waals surface area contributed by atoms with Crippen LogP contribution in [0.2, 0.25) is 0 Å². The van der Waals surface area contributed by atoms with Gasteiger partial charge in [0.15, 0.2) is 0 Å². The number of benzene rings is 2. The van der Waals surface area contributed by atoms with Crippen molar-refractivity contribution in [1.29, 1.82) is 5.41 Å². The Kier molecular flexibility index (Phi) is 7.17.